The molecule has 1 atom stereocenters. The van der Waals surface area contributed by atoms with E-state index in [0.29, 0.717) is 31.1 Å². The van der Waals surface area contributed by atoms with Crippen LogP contribution in [0, 0.1) is 5.92 Å². The Morgan fingerprint density at radius 1 is 1.20 bits per heavy atom. The van der Waals surface area contributed by atoms with Crippen LogP contribution in [0.2, 0.25) is 0 Å². The number of aliphatic hydroxyl groups excluding tert-OH is 2. The predicted octanol–water partition coefficient (Wildman–Crippen LogP) is 2.22. The van der Waals surface area contributed by atoms with Gasteiger partial charge in [-0.25, -0.2) is 4.79 Å². The number of ether oxygens (including phenoxy) is 1. The Kier molecular flexibility index (Phi) is 17.3. The molecule has 5 nitrogen and oxygen atoms in total. The van der Waals surface area contributed by atoms with Gasteiger partial charge in [0.1, 0.15) is 0 Å². The van der Waals surface area contributed by atoms with E-state index in [1.807, 2.05) is 0 Å². The van der Waals surface area contributed by atoms with Gasteiger partial charge in [-0.1, -0.05) is 46.1 Å². The fourth-order valence-electron chi connectivity index (χ4n) is 1.61. The molecule has 0 saturated heterocycles. The Hall–Kier alpha value is -0.910. The molecule has 0 aromatic rings. The summed E-state index contributed by atoms with van der Waals surface area (Å²) in [5.41, 5.74) is 0.350. The molecule has 3 N–H and O–H groups in total. The normalized spacial score (nSPS) is 11.4. The maximum absolute atomic E-state index is 10.5. The highest BCUT2D eigenvalue weighted by Gasteiger charge is 2.11. The molecular formula is C15H30O5. The van der Waals surface area contributed by atoms with E-state index in [4.69, 9.17) is 15.3 Å². The quantitative estimate of drug-likeness (QED) is 0.401. The maximum Gasteiger partial charge on any atom is 0.330 e. The molecule has 1 unspecified atom stereocenters. The molecule has 0 radical (unpaired) electrons. The lowest BCUT2D eigenvalue weighted by Crippen LogP contribution is -2.06. The van der Waals surface area contributed by atoms with Crippen LogP contribution < -0.4 is 0 Å². The zero-order valence-corrected chi connectivity index (χ0v) is 12.8. The van der Waals surface area contributed by atoms with Gasteiger partial charge in [-0.05, 0) is 12.3 Å². The van der Waals surface area contributed by atoms with Crippen molar-refractivity contribution in [3.63, 3.8) is 0 Å². The zero-order chi connectivity index (χ0) is 15.8. The molecule has 0 aliphatic carbocycles. The molecule has 0 spiro atoms. The van der Waals surface area contributed by atoms with Crippen molar-refractivity contribution in [1.29, 1.82) is 0 Å². The minimum atomic E-state index is -0.852. The summed E-state index contributed by atoms with van der Waals surface area (Å²) in [5, 5.41) is 24.8. The number of hydrogen-bond donors (Lipinski definition) is 3. The second-order valence-corrected chi connectivity index (χ2v) is 4.59. The summed E-state index contributed by atoms with van der Waals surface area (Å²) in [6.45, 7) is 8.50. The average Bonchev–Trinajstić information content (AvgIpc) is 2.44. The van der Waals surface area contributed by atoms with E-state index in [0.717, 1.165) is 12.8 Å². The first-order valence-electron chi connectivity index (χ1n) is 7.23. The van der Waals surface area contributed by atoms with Gasteiger partial charge in [-0.15, -0.1) is 0 Å². The SMILES string of the molecule is C=C(CC(CC)CCCC)C(=O)O.OCCOCCO. The molecule has 0 aromatic carbocycles. The largest absolute Gasteiger partial charge is 0.478 e. The first-order chi connectivity index (χ1) is 9.53. The second-order valence-electron chi connectivity index (χ2n) is 4.59. The summed E-state index contributed by atoms with van der Waals surface area (Å²) in [4.78, 5) is 10.5. The summed E-state index contributed by atoms with van der Waals surface area (Å²) in [6, 6.07) is 0. The third-order valence-corrected chi connectivity index (χ3v) is 2.85. The number of carboxylic acids is 1. The lowest BCUT2D eigenvalue weighted by atomic mass is 9.92. The van der Waals surface area contributed by atoms with Crippen LogP contribution in [0.25, 0.3) is 0 Å². The molecule has 0 aliphatic rings. The lowest BCUT2D eigenvalue weighted by Gasteiger charge is -2.13. The molecule has 0 heterocycles. The summed E-state index contributed by atoms with van der Waals surface area (Å²) >= 11 is 0. The van der Waals surface area contributed by atoms with E-state index in [1.54, 1.807) is 0 Å². The molecule has 0 fully saturated rings. The van der Waals surface area contributed by atoms with Gasteiger partial charge < -0.3 is 20.1 Å². The average molecular weight is 290 g/mol. The topological polar surface area (TPSA) is 87.0 Å². The fourth-order valence-corrected chi connectivity index (χ4v) is 1.61. The Morgan fingerprint density at radius 2 is 1.75 bits per heavy atom. The number of aliphatic carboxylic acids is 1. The molecule has 0 amide bonds. The van der Waals surface area contributed by atoms with Crippen LogP contribution in [-0.4, -0.2) is 47.7 Å². The predicted molar refractivity (Wildman–Crippen MR) is 79.7 cm³/mol. The summed E-state index contributed by atoms with van der Waals surface area (Å²) in [6.07, 6.45) is 5.18. The van der Waals surface area contributed by atoms with Crippen molar-refractivity contribution in [2.75, 3.05) is 26.4 Å². The lowest BCUT2D eigenvalue weighted by molar-refractivity contribution is -0.132. The van der Waals surface area contributed by atoms with Crippen LogP contribution in [0.1, 0.15) is 46.0 Å². The highest BCUT2D eigenvalue weighted by Crippen LogP contribution is 2.20. The summed E-state index contributed by atoms with van der Waals surface area (Å²) in [7, 11) is 0. The van der Waals surface area contributed by atoms with E-state index in [-0.39, 0.29) is 13.2 Å². The van der Waals surface area contributed by atoms with Crippen molar-refractivity contribution < 1.29 is 24.9 Å². The second kappa shape index (κ2) is 16.1. The number of carboxylic acid groups (broad SMARTS) is 1. The van der Waals surface area contributed by atoms with Crippen molar-refractivity contribution in [3.8, 4) is 0 Å². The first-order valence-corrected chi connectivity index (χ1v) is 7.23. The smallest absolute Gasteiger partial charge is 0.330 e. The molecule has 0 bridgehead atoms. The van der Waals surface area contributed by atoms with Crippen molar-refractivity contribution in [2.24, 2.45) is 5.92 Å². The Morgan fingerprint density at radius 3 is 2.10 bits per heavy atom. The monoisotopic (exact) mass is 290 g/mol. The minimum absolute atomic E-state index is 0.0278. The number of carbonyl (C=O) groups is 1. The van der Waals surface area contributed by atoms with Gasteiger partial charge in [0.2, 0.25) is 0 Å². The molecule has 20 heavy (non-hydrogen) atoms. The van der Waals surface area contributed by atoms with Crippen molar-refractivity contribution in [2.45, 2.75) is 46.0 Å². The summed E-state index contributed by atoms with van der Waals surface area (Å²) < 4.78 is 4.63. The van der Waals surface area contributed by atoms with Gasteiger partial charge in [0.15, 0.2) is 0 Å². The van der Waals surface area contributed by atoms with Gasteiger partial charge in [-0.2, -0.15) is 0 Å². The van der Waals surface area contributed by atoms with Gasteiger partial charge >= 0.3 is 5.97 Å². The van der Waals surface area contributed by atoms with E-state index in [2.05, 4.69) is 25.2 Å². The fraction of sp³-hybridized carbons (Fsp3) is 0.800. The van der Waals surface area contributed by atoms with Crippen LogP contribution >= 0.6 is 0 Å². The Bertz CT molecular complexity index is 236. The maximum atomic E-state index is 10.5. The molecule has 0 aliphatic heterocycles. The van der Waals surface area contributed by atoms with Crippen LogP contribution in [0.4, 0.5) is 0 Å². The number of rotatable bonds is 11. The third-order valence-electron chi connectivity index (χ3n) is 2.85. The highest BCUT2D eigenvalue weighted by atomic mass is 16.5. The molecule has 0 rings (SSSR count). The standard InChI is InChI=1S/C11H20O2.C4H10O3/c1-4-6-7-10(5-2)8-9(3)11(12)13;5-1-3-7-4-2-6/h10H,3-8H2,1-2H3,(H,12,13);5-6H,1-4H2. The van der Waals surface area contributed by atoms with E-state index in [1.165, 1.54) is 12.8 Å². The van der Waals surface area contributed by atoms with Crippen LogP contribution in [0.15, 0.2) is 12.2 Å². The van der Waals surface area contributed by atoms with Crippen molar-refractivity contribution >= 4 is 5.97 Å². The first kappa shape index (κ1) is 21.4. The molecular weight excluding hydrogens is 260 g/mol. The molecule has 5 heteroatoms. The van der Waals surface area contributed by atoms with Crippen LogP contribution in [0.3, 0.4) is 0 Å². The Labute approximate surface area is 122 Å². The third kappa shape index (κ3) is 15.1. The van der Waals surface area contributed by atoms with Crippen LogP contribution in [-0.2, 0) is 9.53 Å². The number of aliphatic hydroxyl groups is 2. The van der Waals surface area contributed by atoms with Crippen molar-refractivity contribution in [3.05, 3.63) is 12.2 Å². The zero-order valence-electron chi connectivity index (χ0n) is 12.8. The Balaban J connectivity index is 0. The van der Waals surface area contributed by atoms with Gasteiger partial charge in [0.05, 0.1) is 26.4 Å². The van der Waals surface area contributed by atoms with Crippen molar-refractivity contribution in [1.82, 2.24) is 0 Å². The number of hydrogen-bond acceptors (Lipinski definition) is 4. The van der Waals surface area contributed by atoms with E-state index in [9.17, 15) is 4.79 Å². The van der Waals surface area contributed by atoms with E-state index < -0.39 is 5.97 Å². The molecule has 0 aromatic heterocycles. The van der Waals surface area contributed by atoms with E-state index >= 15 is 0 Å². The number of unbranched alkanes of at least 4 members (excludes halogenated alkanes) is 1. The van der Waals surface area contributed by atoms with Gasteiger partial charge in [-0.3, -0.25) is 0 Å². The molecule has 120 valence electrons. The van der Waals surface area contributed by atoms with Crippen LogP contribution in [0.5, 0.6) is 0 Å². The van der Waals surface area contributed by atoms with Gasteiger partial charge in [0.25, 0.3) is 0 Å². The van der Waals surface area contributed by atoms with Gasteiger partial charge in [0, 0.05) is 5.57 Å². The highest BCUT2D eigenvalue weighted by molar-refractivity contribution is 5.85. The summed E-state index contributed by atoms with van der Waals surface area (Å²) in [5.74, 6) is -0.349. The minimum Gasteiger partial charge on any atom is -0.478 e. The molecule has 0 saturated carbocycles.